The van der Waals surface area contributed by atoms with Gasteiger partial charge in [-0.05, 0) is 37.6 Å². The van der Waals surface area contributed by atoms with Crippen LogP contribution in [-0.2, 0) is 6.42 Å². The molecule has 0 aromatic heterocycles. The van der Waals surface area contributed by atoms with Crippen molar-refractivity contribution in [3.63, 3.8) is 0 Å². The highest BCUT2D eigenvalue weighted by atomic mass is 16.5. The second-order valence-electron chi connectivity index (χ2n) is 4.62. The fraction of sp³-hybridized carbons (Fsp3) is 0.538. The Morgan fingerprint density at radius 1 is 1.38 bits per heavy atom. The molecule has 1 saturated heterocycles. The molecule has 2 aliphatic rings. The van der Waals surface area contributed by atoms with Crippen LogP contribution in [0, 0.1) is 0 Å². The van der Waals surface area contributed by atoms with Gasteiger partial charge in [-0.3, -0.25) is 4.90 Å². The van der Waals surface area contributed by atoms with Crippen LogP contribution in [0.3, 0.4) is 0 Å². The van der Waals surface area contributed by atoms with Crippen molar-refractivity contribution >= 4 is 5.69 Å². The lowest BCUT2D eigenvalue weighted by Crippen LogP contribution is -2.50. The van der Waals surface area contributed by atoms with E-state index in [4.69, 9.17) is 4.74 Å². The number of nitrogens with one attached hydrogen (secondary N) is 1. The van der Waals surface area contributed by atoms with Crippen molar-refractivity contribution in [3.8, 4) is 5.75 Å². The van der Waals surface area contributed by atoms with Gasteiger partial charge in [0.1, 0.15) is 5.75 Å². The maximum absolute atomic E-state index is 5.37. The van der Waals surface area contributed by atoms with Gasteiger partial charge in [-0.25, -0.2) is 0 Å². The highest BCUT2D eigenvalue weighted by Gasteiger charge is 2.28. The molecule has 3 nitrogen and oxygen atoms in total. The van der Waals surface area contributed by atoms with Crippen molar-refractivity contribution < 1.29 is 4.74 Å². The van der Waals surface area contributed by atoms with E-state index in [-0.39, 0.29) is 0 Å². The topological polar surface area (TPSA) is 24.5 Å². The highest BCUT2D eigenvalue weighted by Crippen LogP contribution is 2.33. The molecular weight excluding hydrogens is 200 g/mol. The summed E-state index contributed by atoms with van der Waals surface area (Å²) in [6, 6.07) is 6.98. The average Bonchev–Trinajstić information content (AvgIpc) is 2.25. The number of methoxy groups -OCH3 is 1. The largest absolute Gasteiger partial charge is 0.495 e. The van der Waals surface area contributed by atoms with Crippen molar-refractivity contribution in [1.29, 1.82) is 0 Å². The summed E-state index contributed by atoms with van der Waals surface area (Å²) < 4.78 is 5.37. The molecule has 3 heteroatoms. The van der Waals surface area contributed by atoms with E-state index in [9.17, 15) is 0 Å². The van der Waals surface area contributed by atoms with Crippen LogP contribution in [-0.4, -0.2) is 37.7 Å². The standard InChI is InChI=1S/C13H18N2O/c1-16-12-5-2-4-10-8-11(9-14-13(10)12)15-6-3-7-15/h2,4-5,11,14H,3,6-9H2,1H3. The maximum atomic E-state index is 5.37. The Morgan fingerprint density at radius 3 is 2.94 bits per heavy atom. The normalized spacial score (nSPS) is 24.2. The summed E-state index contributed by atoms with van der Waals surface area (Å²) in [6.45, 7) is 3.59. The van der Waals surface area contributed by atoms with Gasteiger partial charge in [0, 0.05) is 12.6 Å². The van der Waals surface area contributed by atoms with Crippen LogP contribution >= 0.6 is 0 Å². The van der Waals surface area contributed by atoms with Gasteiger partial charge in [-0.1, -0.05) is 12.1 Å². The fourth-order valence-electron chi connectivity index (χ4n) is 2.63. The predicted molar refractivity (Wildman–Crippen MR) is 65.2 cm³/mol. The number of ether oxygens (including phenoxy) is 1. The monoisotopic (exact) mass is 218 g/mol. The zero-order valence-electron chi connectivity index (χ0n) is 9.70. The molecule has 0 saturated carbocycles. The first-order valence-corrected chi connectivity index (χ1v) is 6.02. The minimum atomic E-state index is 0.674. The molecule has 2 aliphatic heterocycles. The molecule has 1 N–H and O–H groups in total. The molecule has 16 heavy (non-hydrogen) atoms. The molecule has 0 amide bonds. The smallest absolute Gasteiger partial charge is 0.142 e. The Hall–Kier alpha value is -1.22. The Bertz CT molecular complexity index is 388. The van der Waals surface area contributed by atoms with Crippen molar-refractivity contribution in [2.45, 2.75) is 18.9 Å². The quantitative estimate of drug-likeness (QED) is 0.818. The van der Waals surface area contributed by atoms with Gasteiger partial charge in [0.2, 0.25) is 0 Å². The molecular formula is C13H18N2O. The Morgan fingerprint density at radius 2 is 2.25 bits per heavy atom. The number of hydrogen-bond donors (Lipinski definition) is 1. The van der Waals surface area contributed by atoms with E-state index in [1.807, 2.05) is 6.07 Å². The van der Waals surface area contributed by atoms with E-state index in [0.717, 1.165) is 18.7 Å². The summed E-state index contributed by atoms with van der Waals surface area (Å²) in [7, 11) is 1.73. The first kappa shape index (κ1) is 9.97. The number of anilines is 1. The minimum absolute atomic E-state index is 0.674. The summed E-state index contributed by atoms with van der Waals surface area (Å²) in [5.41, 5.74) is 2.59. The van der Waals surface area contributed by atoms with E-state index in [2.05, 4.69) is 22.3 Å². The van der Waals surface area contributed by atoms with Gasteiger partial charge in [0.05, 0.1) is 12.8 Å². The van der Waals surface area contributed by atoms with Gasteiger partial charge in [0.25, 0.3) is 0 Å². The van der Waals surface area contributed by atoms with E-state index in [1.54, 1.807) is 7.11 Å². The van der Waals surface area contributed by atoms with E-state index >= 15 is 0 Å². The molecule has 1 aromatic rings. The predicted octanol–water partition coefficient (Wildman–Crippen LogP) is 1.74. The van der Waals surface area contributed by atoms with Crippen LogP contribution in [0.5, 0.6) is 5.75 Å². The number of hydrogen-bond acceptors (Lipinski definition) is 3. The lowest BCUT2D eigenvalue weighted by molar-refractivity contribution is 0.122. The van der Waals surface area contributed by atoms with Crippen molar-refractivity contribution in [2.24, 2.45) is 0 Å². The molecule has 1 unspecified atom stereocenters. The first-order chi connectivity index (χ1) is 7.88. The van der Waals surface area contributed by atoms with Gasteiger partial charge < -0.3 is 10.1 Å². The van der Waals surface area contributed by atoms with Gasteiger partial charge in [-0.2, -0.15) is 0 Å². The number of para-hydroxylation sites is 1. The van der Waals surface area contributed by atoms with Gasteiger partial charge in [0.15, 0.2) is 0 Å². The van der Waals surface area contributed by atoms with Crippen molar-refractivity contribution in [1.82, 2.24) is 4.90 Å². The molecule has 1 fully saturated rings. The lowest BCUT2D eigenvalue weighted by atomic mass is 9.96. The third-order valence-corrected chi connectivity index (χ3v) is 3.71. The Labute approximate surface area is 96.4 Å². The summed E-state index contributed by atoms with van der Waals surface area (Å²) in [5.74, 6) is 0.972. The second kappa shape index (κ2) is 3.98. The Balaban J connectivity index is 1.83. The maximum Gasteiger partial charge on any atom is 0.142 e. The van der Waals surface area contributed by atoms with Crippen LogP contribution < -0.4 is 10.1 Å². The molecule has 86 valence electrons. The molecule has 0 bridgehead atoms. The molecule has 0 spiro atoms. The highest BCUT2D eigenvalue weighted by molar-refractivity contribution is 5.63. The van der Waals surface area contributed by atoms with Crippen LogP contribution in [0.2, 0.25) is 0 Å². The van der Waals surface area contributed by atoms with Crippen molar-refractivity contribution in [2.75, 3.05) is 32.1 Å². The molecule has 1 aromatic carbocycles. The van der Waals surface area contributed by atoms with E-state index in [1.165, 1.54) is 30.8 Å². The summed E-state index contributed by atoms with van der Waals surface area (Å²) in [4.78, 5) is 2.56. The summed E-state index contributed by atoms with van der Waals surface area (Å²) >= 11 is 0. The minimum Gasteiger partial charge on any atom is -0.495 e. The number of fused-ring (bicyclic) bond motifs is 1. The molecule has 0 aliphatic carbocycles. The first-order valence-electron chi connectivity index (χ1n) is 6.02. The number of likely N-dealkylation sites (tertiary alicyclic amines) is 1. The van der Waals surface area contributed by atoms with Crippen LogP contribution in [0.4, 0.5) is 5.69 Å². The van der Waals surface area contributed by atoms with Gasteiger partial charge >= 0.3 is 0 Å². The molecule has 1 atom stereocenters. The fourth-order valence-corrected chi connectivity index (χ4v) is 2.63. The van der Waals surface area contributed by atoms with Crippen LogP contribution in [0.25, 0.3) is 0 Å². The van der Waals surface area contributed by atoms with E-state index in [0.29, 0.717) is 6.04 Å². The van der Waals surface area contributed by atoms with Crippen molar-refractivity contribution in [3.05, 3.63) is 23.8 Å². The number of benzene rings is 1. The average molecular weight is 218 g/mol. The van der Waals surface area contributed by atoms with Gasteiger partial charge in [-0.15, -0.1) is 0 Å². The third-order valence-electron chi connectivity index (χ3n) is 3.71. The van der Waals surface area contributed by atoms with Crippen LogP contribution in [0.15, 0.2) is 18.2 Å². The third kappa shape index (κ3) is 1.55. The SMILES string of the molecule is COc1cccc2c1NCC(N1CCC1)C2. The Kier molecular flexibility index (Phi) is 2.48. The zero-order valence-corrected chi connectivity index (χ0v) is 9.70. The molecule has 3 rings (SSSR count). The number of rotatable bonds is 2. The molecule has 2 heterocycles. The van der Waals surface area contributed by atoms with Crippen LogP contribution in [0.1, 0.15) is 12.0 Å². The summed E-state index contributed by atoms with van der Waals surface area (Å²) in [6.07, 6.45) is 2.51. The lowest BCUT2D eigenvalue weighted by Gasteiger charge is -2.41. The zero-order chi connectivity index (χ0) is 11.0. The number of nitrogens with zero attached hydrogens (tertiary/aromatic N) is 1. The second-order valence-corrected chi connectivity index (χ2v) is 4.62. The summed E-state index contributed by atoms with van der Waals surface area (Å²) in [5, 5.41) is 3.51. The molecule has 0 radical (unpaired) electrons. The van der Waals surface area contributed by atoms with E-state index < -0.39 is 0 Å².